The van der Waals surface area contributed by atoms with Crippen LogP contribution < -0.4 is 11.1 Å². The van der Waals surface area contributed by atoms with E-state index < -0.39 is 11.9 Å². The number of hydrogen-bond acceptors (Lipinski definition) is 3. The zero-order valence-corrected chi connectivity index (χ0v) is 11.6. The molecule has 5 heteroatoms. The van der Waals surface area contributed by atoms with Gasteiger partial charge in [0.05, 0.1) is 12.5 Å². The van der Waals surface area contributed by atoms with E-state index in [4.69, 9.17) is 5.73 Å². The van der Waals surface area contributed by atoms with Crippen molar-refractivity contribution in [2.24, 2.45) is 5.73 Å². The lowest BCUT2D eigenvalue weighted by atomic mass is 9.94. The summed E-state index contributed by atoms with van der Waals surface area (Å²) in [6.45, 7) is 1.65. The van der Waals surface area contributed by atoms with Crippen LogP contribution in [0, 0.1) is 0 Å². The maximum absolute atomic E-state index is 12.1. The lowest BCUT2D eigenvalue weighted by molar-refractivity contribution is -0.133. The summed E-state index contributed by atoms with van der Waals surface area (Å²) in [5.41, 5.74) is 5.43. The minimum atomic E-state index is -0.504. The molecule has 0 spiro atoms. The zero-order valence-electron chi connectivity index (χ0n) is 11.6. The normalized spacial score (nSPS) is 22.4. The van der Waals surface area contributed by atoms with Crippen molar-refractivity contribution in [2.45, 2.75) is 63.5 Å². The highest BCUT2D eigenvalue weighted by atomic mass is 16.2. The molecule has 2 fully saturated rings. The third kappa shape index (κ3) is 4.20. The van der Waals surface area contributed by atoms with E-state index in [2.05, 4.69) is 5.32 Å². The van der Waals surface area contributed by atoms with Crippen molar-refractivity contribution in [3.63, 3.8) is 0 Å². The molecule has 1 saturated carbocycles. The first-order valence-electron chi connectivity index (χ1n) is 7.50. The molecule has 0 aromatic carbocycles. The topological polar surface area (TPSA) is 75.4 Å². The third-order valence-corrected chi connectivity index (χ3v) is 4.22. The van der Waals surface area contributed by atoms with Gasteiger partial charge < -0.3 is 16.0 Å². The molecule has 1 saturated heterocycles. The number of hydrogen-bond donors (Lipinski definition) is 2. The Labute approximate surface area is 114 Å². The smallest absolute Gasteiger partial charge is 0.235 e. The molecule has 108 valence electrons. The molecule has 1 aliphatic carbocycles. The molecule has 2 amide bonds. The fourth-order valence-corrected chi connectivity index (χ4v) is 3.07. The molecular formula is C14H25N3O2. The van der Waals surface area contributed by atoms with Gasteiger partial charge in [-0.15, -0.1) is 0 Å². The summed E-state index contributed by atoms with van der Waals surface area (Å²) in [4.78, 5) is 25.4. The fraction of sp³-hybridized carbons (Fsp3) is 0.857. The summed E-state index contributed by atoms with van der Waals surface area (Å²) in [7, 11) is 0. The lowest BCUT2D eigenvalue weighted by Gasteiger charge is -2.27. The molecule has 2 rings (SSSR count). The van der Waals surface area contributed by atoms with Crippen molar-refractivity contribution >= 4 is 11.8 Å². The molecule has 1 heterocycles. The van der Waals surface area contributed by atoms with Gasteiger partial charge in [0, 0.05) is 19.1 Å². The number of carbonyl (C=O) groups is 2. The molecule has 5 nitrogen and oxygen atoms in total. The minimum absolute atomic E-state index is 0.0598. The fourth-order valence-electron chi connectivity index (χ4n) is 3.07. The molecule has 2 aliphatic rings. The van der Waals surface area contributed by atoms with E-state index in [0.29, 0.717) is 6.04 Å². The number of nitrogens with two attached hydrogens (primary N) is 1. The van der Waals surface area contributed by atoms with E-state index in [9.17, 15) is 9.59 Å². The first-order chi connectivity index (χ1) is 9.16. The summed E-state index contributed by atoms with van der Waals surface area (Å²) < 4.78 is 0. The molecule has 0 aromatic rings. The molecule has 3 N–H and O–H groups in total. The Kier molecular flexibility index (Phi) is 5.19. The van der Waals surface area contributed by atoms with Crippen LogP contribution >= 0.6 is 0 Å². The van der Waals surface area contributed by atoms with Crippen molar-refractivity contribution in [1.29, 1.82) is 0 Å². The van der Waals surface area contributed by atoms with Crippen LogP contribution in [0.2, 0.25) is 0 Å². The molecule has 1 aliphatic heterocycles. The van der Waals surface area contributed by atoms with Crippen LogP contribution in [0.25, 0.3) is 0 Å². The number of nitrogens with one attached hydrogen (secondary N) is 1. The van der Waals surface area contributed by atoms with Crippen LogP contribution in [-0.4, -0.2) is 41.9 Å². The maximum atomic E-state index is 12.1. The van der Waals surface area contributed by atoms with Crippen LogP contribution in [0.4, 0.5) is 0 Å². The summed E-state index contributed by atoms with van der Waals surface area (Å²) in [6.07, 6.45) is 8.19. The van der Waals surface area contributed by atoms with E-state index in [1.54, 1.807) is 0 Å². The van der Waals surface area contributed by atoms with Crippen molar-refractivity contribution in [2.75, 3.05) is 13.1 Å². The van der Waals surface area contributed by atoms with Crippen LogP contribution in [0.15, 0.2) is 0 Å². The summed E-state index contributed by atoms with van der Waals surface area (Å²) in [6, 6.07) is -0.158. The average Bonchev–Trinajstić information content (AvgIpc) is 2.93. The highest BCUT2D eigenvalue weighted by Crippen LogP contribution is 2.18. The second kappa shape index (κ2) is 6.89. The van der Waals surface area contributed by atoms with Gasteiger partial charge in [0.15, 0.2) is 0 Å². The molecule has 1 atom stereocenters. The van der Waals surface area contributed by atoms with Gasteiger partial charge in [-0.1, -0.05) is 19.3 Å². The number of primary amides is 1. The number of rotatable bonds is 5. The van der Waals surface area contributed by atoms with Crippen molar-refractivity contribution in [3.8, 4) is 0 Å². The van der Waals surface area contributed by atoms with E-state index in [1.807, 2.05) is 4.90 Å². The molecule has 0 radical (unpaired) electrons. The monoisotopic (exact) mass is 267 g/mol. The standard InChI is InChI=1S/C14H25N3O2/c15-14(19)12(16-11-6-2-1-3-7-11)10-13(18)17-8-4-5-9-17/h11-12,16H,1-10H2,(H2,15,19). The van der Waals surface area contributed by atoms with Crippen LogP contribution in [0.3, 0.4) is 0 Å². The molecule has 0 bridgehead atoms. The number of nitrogens with zero attached hydrogens (tertiary/aromatic N) is 1. The molecule has 1 unspecified atom stereocenters. The van der Waals surface area contributed by atoms with Gasteiger partial charge in [-0.2, -0.15) is 0 Å². The molecule has 19 heavy (non-hydrogen) atoms. The Bertz CT molecular complexity index is 321. The minimum Gasteiger partial charge on any atom is -0.368 e. The lowest BCUT2D eigenvalue weighted by Crippen LogP contribution is -2.49. The van der Waals surface area contributed by atoms with Crippen molar-refractivity contribution in [1.82, 2.24) is 10.2 Å². The summed E-state index contributed by atoms with van der Waals surface area (Å²) in [5, 5.41) is 3.29. The quantitative estimate of drug-likeness (QED) is 0.772. The highest BCUT2D eigenvalue weighted by molar-refractivity contribution is 5.87. The van der Waals surface area contributed by atoms with E-state index in [1.165, 1.54) is 19.3 Å². The van der Waals surface area contributed by atoms with Crippen LogP contribution in [0.5, 0.6) is 0 Å². The predicted octanol–water partition coefficient (Wildman–Crippen LogP) is 0.775. The Hall–Kier alpha value is -1.10. The van der Waals surface area contributed by atoms with Gasteiger partial charge in [-0.05, 0) is 25.7 Å². The van der Waals surface area contributed by atoms with Gasteiger partial charge in [0.25, 0.3) is 0 Å². The van der Waals surface area contributed by atoms with Crippen LogP contribution in [-0.2, 0) is 9.59 Å². The third-order valence-electron chi connectivity index (χ3n) is 4.22. The first-order valence-corrected chi connectivity index (χ1v) is 7.50. The zero-order chi connectivity index (χ0) is 13.7. The second-order valence-electron chi connectivity index (χ2n) is 5.75. The number of carbonyl (C=O) groups excluding carboxylic acids is 2. The Morgan fingerprint density at radius 2 is 1.74 bits per heavy atom. The summed E-state index contributed by atoms with van der Waals surface area (Å²) in [5.74, 6) is -0.345. The Balaban J connectivity index is 1.84. The van der Waals surface area contributed by atoms with Gasteiger partial charge in [0.1, 0.15) is 0 Å². The SMILES string of the molecule is NC(=O)C(CC(=O)N1CCCC1)NC1CCCCC1. The van der Waals surface area contributed by atoms with Gasteiger partial charge >= 0.3 is 0 Å². The average molecular weight is 267 g/mol. The molecule has 0 aromatic heterocycles. The second-order valence-corrected chi connectivity index (χ2v) is 5.75. The highest BCUT2D eigenvalue weighted by Gasteiger charge is 2.27. The van der Waals surface area contributed by atoms with Crippen molar-refractivity contribution < 1.29 is 9.59 Å². The van der Waals surface area contributed by atoms with Gasteiger partial charge in [0.2, 0.25) is 11.8 Å². The predicted molar refractivity (Wildman–Crippen MR) is 73.4 cm³/mol. The van der Waals surface area contributed by atoms with Gasteiger partial charge in [-0.3, -0.25) is 9.59 Å². The van der Waals surface area contributed by atoms with E-state index in [0.717, 1.165) is 38.8 Å². The summed E-state index contributed by atoms with van der Waals surface area (Å²) >= 11 is 0. The van der Waals surface area contributed by atoms with Gasteiger partial charge in [-0.25, -0.2) is 0 Å². The maximum Gasteiger partial charge on any atom is 0.235 e. The molecular weight excluding hydrogens is 242 g/mol. The largest absolute Gasteiger partial charge is 0.368 e. The Morgan fingerprint density at radius 1 is 1.11 bits per heavy atom. The van der Waals surface area contributed by atoms with Crippen molar-refractivity contribution in [3.05, 3.63) is 0 Å². The Morgan fingerprint density at radius 3 is 2.32 bits per heavy atom. The van der Waals surface area contributed by atoms with Crippen LogP contribution in [0.1, 0.15) is 51.4 Å². The van der Waals surface area contributed by atoms with E-state index >= 15 is 0 Å². The number of likely N-dealkylation sites (tertiary alicyclic amines) is 1. The number of amides is 2. The first kappa shape index (κ1) is 14.3. The van der Waals surface area contributed by atoms with E-state index in [-0.39, 0.29) is 12.3 Å².